The van der Waals surface area contributed by atoms with Crippen LogP contribution in [0.25, 0.3) is 0 Å². The van der Waals surface area contributed by atoms with Crippen LogP contribution in [0, 0.1) is 5.92 Å². The minimum atomic E-state index is -0.0768. The molecule has 0 spiro atoms. The Morgan fingerprint density at radius 1 is 1.29 bits per heavy atom. The van der Waals surface area contributed by atoms with Gasteiger partial charge in [0.2, 0.25) is 0 Å². The summed E-state index contributed by atoms with van der Waals surface area (Å²) in [5, 5.41) is 14.5. The van der Waals surface area contributed by atoms with Gasteiger partial charge in [0.25, 0.3) is 0 Å². The largest absolute Gasteiger partial charge is 0.305 e. The number of aromatic amines is 1. The number of aromatic nitrogens is 4. The number of nitrogens with zero attached hydrogens (tertiary/aromatic N) is 5. The molecule has 2 rings (SSSR count). The minimum Gasteiger partial charge on any atom is -0.305 e. The molecule has 21 heavy (non-hydrogen) atoms. The molecule has 1 unspecified atom stereocenters. The van der Waals surface area contributed by atoms with Gasteiger partial charge in [-0.05, 0) is 38.9 Å². The van der Waals surface area contributed by atoms with E-state index >= 15 is 0 Å². The Kier molecular flexibility index (Phi) is 5.70. The lowest BCUT2D eigenvalue weighted by molar-refractivity contribution is 0.165. The predicted molar refractivity (Wildman–Crippen MR) is 84.2 cm³/mol. The summed E-state index contributed by atoms with van der Waals surface area (Å²) in [4.78, 5) is 5.01. The maximum Gasteiger partial charge on any atom is 0.181 e. The number of rotatable bonds is 7. The van der Waals surface area contributed by atoms with Crippen LogP contribution in [0.1, 0.15) is 45.9 Å². The molecule has 1 aliphatic heterocycles. The molecule has 1 aliphatic rings. The number of hydrogen-bond donors (Lipinski definition) is 1. The van der Waals surface area contributed by atoms with Crippen LogP contribution < -0.4 is 0 Å². The molecule has 0 bridgehead atoms. The molecule has 120 valence electrons. The second-order valence-electron chi connectivity index (χ2n) is 7.28. The molecule has 0 aliphatic carbocycles. The Morgan fingerprint density at radius 2 is 2.00 bits per heavy atom. The van der Waals surface area contributed by atoms with Crippen molar-refractivity contribution in [1.29, 1.82) is 0 Å². The van der Waals surface area contributed by atoms with Crippen LogP contribution in [0.3, 0.4) is 0 Å². The zero-order chi connectivity index (χ0) is 15.3. The van der Waals surface area contributed by atoms with Crippen LogP contribution in [0.2, 0.25) is 0 Å². The van der Waals surface area contributed by atoms with E-state index in [1.54, 1.807) is 0 Å². The Labute approximate surface area is 128 Å². The van der Waals surface area contributed by atoms with Crippen molar-refractivity contribution in [1.82, 2.24) is 30.4 Å². The smallest absolute Gasteiger partial charge is 0.181 e. The highest BCUT2D eigenvalue weighted by atomic mass is 15.5. The number of tetrazole rings is 1. The van der Waals surface area contributed by atoms with Crippen molar-refractivity contribution in [3.8, 4) is 0 Å². The van der Waals surface area contributed by atoms with E-state index in [9.17, 15) is 0 Å². The molecule has 6 heteroatoms. The van der Waals surface area contributed by atoms with Gasteiger partial charge < -0.3 is 9.80 Å². The number of nitrogens with one attached hydrogen (secondary N) is 1. The lowest BCUT2D eigenvalue weighted by Gasteiger charge is -2.33. The molecule has 1 N–H and O–H groups in total. The second-order valence-corrected chi connectivity index (χ2v) is 7.28. The van der Waals surface area contributed by atoms with Crippen molar-refractivity contribution >= 4 is 0 Å². The fraction of sp³-hybridized carbons (Fsp3) is 0.933. The average Bonchev–Trinajstić information content (AvgIpc) is 2.93. The van der Waals surface area contributed by atoms with Gasteiger partial charge in [0.05, 0.1) is 0 Å². The molecule has 1 aromatic heterocycles. The third-order valence-electron chi connectivity index (χ3n) is 4.26. The number of H-pyrrole nitrogens is 1. The summed E-state index contributed by atoms with van der Waals surface area (Å²) >= 11 is 0. The van der Waals surface area contributed by atoms with Crippen molar-refractivity contribution in [3.05, 3.63) is 5.82 Å². The lowest BCUT2D eigenvalue weighted by Crippen LogP contribution is -2.41. The van der Waals surface area contributed by atoms with Gasteiger partial charge in [0, 0.05) is 25.0 Å². The van der Waals surface area contributed by atoms with E-state index in [2.05, 4.69) is 58.2 Å². The van der Waals surface area contributed by atoms with Gasteiger partial charge in [0.15, 0.2) is 5.82 Å². The minimum absolute atomic E-state index is 0.0768. The second kappa shape index (κ2) is 7.31. The predicted octanol–water partition coefficient (Wildman–Crippen LogP) is 1.53. The molecule has 0 saturated carbocycles. The van der Waals surface area contributed by atoms with Crippen LogP contribution >= 0.6 is 0 Å². The van der Waals surface area contributed by atoms with E-state index in [0.717, 1.165) is 18.9 Å². The third kappa shape index (κ3) is 5.04. The number of likely N-dealkylation sites (N-methyl/N-ethyl adjacent to an activating group) is 1. The molecular weight excluding hydrogens is 264 g/mol. The lowest BCUT2D eigenvalue weighted by atomic mass is 9.91. The zero-order valence-electron chi connectivity index (χ0n) is 14.0. The van der Waals surface area contributed by atoms with Crippen LogP contribution in [-0.2, 0) is 5.41 Å². The zero-order valence-corrected chi connectivity index (χ0v) is 14.0. The first-order valence-corrected chi connectivity index (χ1v) is 8.12. The van der Waals surface area contributed by atoms with Crippen molar-refractivity contribution in [2.45, 2.75) is 45.4 Å². The summed E-state index contributed by atoms with van der Waals surface area (Å²) in [5.74, 6) is 1.48. The number of likely N-dealkylation sites (tertiary alicyclic amines) is 1. The van der Waals surface area contributed by atoms with Crippen molar-refractivity contribution in [3.63, 3.8) is 0 Å². The Hall–Kier alpha value is -1.01. The van der Waals surface area contributed by atoms with Gasteiger partial charge in [-0.1, -0.05) is 32.4 Å². The van der Waals surface area contributed by atoms with Crippen LogP contribution in [-0.4, -0.2) is 70.2 Å². The van der Waals surface area contributed by atoms with E-state index in [1.807, 2.05) is 0 Å². The molecule has 1 saturated heterocycles. The topological polar surface area (TPSA) is 60.9 Å². The molecule has 1 fully saturated rings. The molecule has 2 heterocycles. The average molecular weight is 294 g/mol. The van der Waals surface area contributed by atoms with E-state index in [4.69, 9.17) is 0 Å². The molecule has 6 nitrogen and oxygen atoms in total. The summed E-state index contributed by atoms with van der Waals surface area (Å²) in [7, 11) is 2.19. The Bertz CT molecular complexity index is 396. The van der Waals surface area contributed by atoms with Gasteiger partial charge in [-0.3, -0.25) is 0 Å². The van der Waals surface area contributed by atoms with Gasteiger partial charge in [-0.25, -0.2) is 0 Å². The van der Waals surface area contributed by atoms with Crippen LogP contribution in [0.5, 0.6) is 0 Å². The maximum absolute atomic E-state index is 4.13. The summed E-state index contributed by atoms with van der Waals surface area (Å²) in [5.41, 5.74) is -0.0768. The van der Waals surface area contributed by atoms with Crippen molar-refractivity contribution in [2.75, 3.05) is 39.8 Å². The quantitative estimate of drug-likeness (QED) is 0.826. The summed E-state index contributed by atoms with van der Waals surface area (Å²) in [6, 6.07) is 0. The molecule has 0 radical (unpaired) electrons. The SMILES string of the molecule is CC(CN(C)CC(C)(C)c1nn[nH]n1)CN1CCCCC1. The molecule has 1 aromatic rings. The van der Waals surface area contributed by atoms with Gasteiger partial charge in [-0.2, -0.15) is 5.21 Å². The fourth-order valence-corrected chi connectivity index (χ4v) is 3.43. The van der Waals surface area contributed by atoms with Gasteiger partial charge >= 0.3 is 0 Å². The first-order chi connectivity index (χ1) is 9.97. The normalized spacial score (nSPS) is 19.1. The first kappa shape index (κ1) is 16.4. The molecule has 1 atom stereocenters. The van der Waals surface area contributed by atoms with Gasteiger partial charge in [0.1, 0.15) is 0 Å². The highest BCUT2D eigenvalue weighted by Gasteiger charge is 2.27. The van der Waals surface area contributed by atoms with Crippen molar-refractivity contribution in [2.24, 2.45) is 5.92 Å². The van der Waals surface area contributed by atoms with E-state index in [-0.39, 0.29) is 5.41 Å². The molecular formula is C15H30N6. The standard InChI is InChI=1S/C15H30N6/c1-13(11-21-8-6-5-7-9-21)10-20(4)12-15(2,3)14-16-18-19-17-14/h13H,5-12H2,1-4H3,(H,16,17,18,19). The Morgan fingerprint density at radius 3 is 2.62 bits per heavy atom. The summed E-state index contributed by atoms with van der Waals surface area (Å²) < 4.78 is 0. The fourth-order valence-electron chi connectivity index (χ4n) is 3.43. The van der Waals surface area contributed by atoms with Crippen molar-refractivity contribution < 1.29 is 0 Å². The maximum atomic E-state index is 4.13. The monoisotopic (exact) mass is 294 g/mol. The van der Waals surface area contributed by atoms with Crippen LogP contribution in [0.4, 0.5) is 0 Å². The Balaban J connectivity index is 1.76. The third-order valence-corrected chi connectivity index (χ3v) is 4.26. The molecule has 0 amide bonds. The molecule has 0 aromatic carbocycles. The van der Waals surface area contributed by atoms with E-state index < -0.39 is 0 Å². The van der Waals surface area contributed by atoms with Gasteiger partial charge in [-0.15, -0.1) is 10.2 Å². The highest BCUT2D eigenvalue weighted by molar-refractivity contribution is 5.00. The van der Waals surface area contributed by atoms with Crippen LogP contribution in [0.15, 0.2) is 0 Å². The van der Waals surface area contributed by atoms with E-state index in [0.29, 0.717) is 5.92 Å². The summed E-state index contributed by atoms with van der Waals surface area (Å²) in [6.07, 6.45) is 4.14. The highest BCUT2D eigenvalue weighted by Crippen LogP contribution is 2.20. The van der Waals surface area contributed by atoms with E-state index in [1.165, 1.54) is 38.9 Å². The first-order valence-electron chi connectivity index (χ1n) is 8.12. The summed E-state index contributed by atoms with van der Waals surface area (Å²) in [6.45, 7) is 12.5. The number of hydrogen-bond acceptors (Lipinski definition) is 5. The number of piperidine rings is 1.